The second-order valence-electron chi connectivity index (χ2n) is 11.9. The normalized spacial score (nSPS) is 18.5. The van der Waals surface area contributed by atoms with Gasteiger partial charge in [-0.1, -0.05) is 12.1 Å². The van der Waals surface area contributed by atoms with E-state index in [9.17, 15) is 23.1 Å². The number of benzene rings is 1. The minimum atomic E-state index is -4.80. The molecule has 2 saturated heterocycles. The van der Waals surface area contributed by atoms with Gasteiger partial charge in [0, 0.05) is 49.7 Å². The lowest BCUT2D eigenvalue weighted by Gasteiger charge is -2.39. The molecule has 2 aliphatic rings. The van der Waals surface area contributed by atoms with Gasteiger partial charge in [0.2, 0.25) is 17.9 Å². The maximum Gasteiger partial charge on any atom is 0.429 e. The lowest BCUT2D eigenvalue weighted by Crippen LogP contribution is -2.41. The van der Waals surface area contributed by atoms with Gasteiger partial charge < -0.3 is 24.8 Å². The Morgan fingerprint density at radius 1 is 1.07 bits per heavy atom. The van der Waals surface area contributed by atoms with Crippen LogP contribution in [0.3, 0.4) is 0 Å². The molecule has 4 aromatic rings. The van der Waals surface area contributed by atoms with E-state index < -0.39 is 24.3 Å². The molecule has 2 aliphatic heterocycles. The molecule has 1 spiro atoms. The van der Waals surface area contributed by atoms with E-state index in [1.54, 1.807) is 56.6 Å². The number of halogens is 3. The summed E-state index contributed by atoms with van der Waals surface area (Å²) in [7, 11) is 1.49. The van der Waals surface area contributed by atoms with E-state index in [0.717, 1.165) is 12.8 Å². The summed E-state index contributed by atoms with van der Waals surface area (Å²) >= 11 is 0. The fourth-order valence-corrected chi connectivity index (χ4v) is 6.25. The number of nitrogens with zero attached hydrogens (tertiary/aromatic N) is 6. The molecule has 0 aliphatic carbocycles. The van der Waals surface area contributed by atoms with Crippen molar-refractivity contribution >= 4 is 11.8 Å². The van der Waals surface area contributed by atoms with Crippen LogP contribution in [0.15, 0.2) is 54.9 Å². The van der Waals surface area contributed by atoms with E-state index >= 15 is 0 Å². The van der Waals surface area contributed by atoms with Crippen molar-refractivity contribution in [3.8, 4) is 28.6 Å². The number of carboxylic acid groups (broad SMARTS) is 1. The van der Waals surface area contributed by atoms with Crippen LogP contribution in [-0.4, -0.2) is 74.8 Å². The molecule has 5 heterocycles. The first-order chi connectivity index (χ1) is 21.9. The Kier molecular flexibility index (Phi) is 8.32. The zero-order valence-corrected chi connectivity index (χ0v) is 25.6. The summed E-state index contributed by atoms with van der Waals surface area (Å²) in [6.07, 6.45) is -1.98. The molecule has 2 N–H and O–H groups in total. The standard InChI is InChI=1S/C32H34F3N7O4/c1-19-7-11-42(40-19)25-14-21(22-6-10-36-27(15-22)45-3)4-5-23(25)29(32(33,34)35)46-28-16-26(38-20(2)39-28)41-12-8-31(9-13-41)17-24(30(43)44)37-18-31/h4-7,10-11,14-16,24,29,37H,8-9,12-13,17-18H2,1-3H3,(H,43,44)/t24-,29+/m0/s1. The third-order valence-corrected chi connectivity index (χ3v) is 8.70. The first-order valence-corrected chi connectivity index (χ1v) is 14.9. The summed E-state index contributed by atoms with van der Waals surface area (Å²) in [5.74, 6) is 0.0442. The van der Waals surface area contributed by atoms with Gasteiger partial charge >= 0.3 is 12.1 Å². The van der Waals surface area contributed by atoms with Crippen LogP contribution in [0.2, 0.25) is 0 Å². The minimum Gasteiger partial charge on any atom is -0.481 e. The molecule has 0 saturated carbocycles. The summed E-state index contributed by atoms with van der Waals surface area (Å²) in [6, 6.07) is 10.6. The van der Waals surface area contributed by atoms with Gasteiger partial charge in [0.15, 0.2) is 0 Å². The highest BCUT2D eigenvalue weighted by Gasteiger charge is 2.46. The van der Waals surface area contributed by atoms with Crippen LogP contribution in [0.1, 0.15) is 42.4 Å². The summed E-state index contributed by atoms with van der Waals surface area (Å²) < 4.78 is 56.9. The molecule has 14 heteroatoms. The van der Waals surface area contributed by atoms with E-state index in [1.807, 2.05) is 4.90 Å². The maximum absolute atomic E-state index is 14.8. The number of piperidine rings is 1. The van der Waals surface area contributed by atoms with Crippen LogP contribution >= 0.6 is 0 Å². The van der Waals surface area contributed by atoms with Gasteiger partial charge in [-0.2, -0.15) is 23.3 Å². The largest absolute Gasteiger partial charge is 0.481 e. The van der Waals surface area contributed by atoms with E-state index in [4.69, 9.17) is 9.47 Å². The molecule has 46 heavy (non-hydrogen) atoms. The number of carbonyl (C=O) groups is 1. The van der Waals surface area contributed by atoms with Gasteiger partial charge in [-0.25, -0.2) is 14.6 Å². The number of methoxy groups -OCH3 is 1. The Morgan fingerprint density at radius 3 is 2.48 bits per heavy atom. The molecule has 242 valence electrons. The number of anilines is 1. The molecule has 6 rings (SSSR count). The molecule has 2 atom stereocenters. The molecule has 1 aromatic carbocycles. The Hall–Kier alpha value is -4.72. The monoisotopic (exact) mass is 637 g/mol. The molecule has 3 aromatic heterocycles. The second kappa shape index (κ2) is 12.2. The molecular formula is C32H34F3N7O4. The summed E-state index contributed by atoms with van der Waals surface area (Å²) in [6.45, 7) is 5.15. The average molecular weight is 638 g/mol. The summed E-state index contributed by atoms with van der Waals surface area (Å²) in [5.41, 5.74) is 1.92. The highest BCUT2D eigenvalue weighted by Crippen LogP contribution is 2.42. The number of carboxylic acids is 1. The van der Waals surface area contributed by atoms with Crippen molar-refractivity contribution in [2.75, 3.05) is 31.6 Å². The Morgan fingerprint density at radius 2 is 1.83 bits per heavy atom. The smallest absolute Gasteiger partial charge is 0.429 e. The highest BCUT2D eigenvalue weighted by atomic mass is 19.4. The second-order valence-corrected chi connectivity index (χ2v) is 11.9. The van der Waals surface area contributed by atoms with Gasteiger partial charge in [-0.3, -0.25) is 4.79 Å². The fraction of sp³-hybridized carbons (Fsp3) is 0.406. The number of hydrogen-bond donors (Lipinski definition) is 2. The van der Waals surface area contributed by atoms with Crippen molar-refractivity contribution in [3.05, 3.63) is 71.9 Å². The Labute approximate surface area is 263 Å². The Bertz CT molecular complexity index is 1740. The van der Waals surface area contributed by atoms with Gasteiger partial charge in [0.25, 0.3) is 0 Å². The van der Waals surface area contributed by atoms with Crippen molar-refractivity contribution < 1.29 is 32.5 Å². The zero-order chi connectivity index (χ0) is 32.6. The van der Waals surface area contributed by atoms with Crippen molar-refractivity contribution in [1.29, 1.82) is 0 Å². The molecule has 2 fully saturated rings. The molecule has 0 unspecified atom stereocenters. The lowest BCUT2D eigenvalue weighted by molar-refractivity contribution is -0.198. The van der Waals surface area contributed by atoms with Crippen molar-refractivity contribution in [2.24, 2.45) is 5.41 Å². The van der Waals surface area contributed by atoms with Crippen LogP contribution in [0.5, 0.6) is 11.8 Å². The molecular weight excluding hydrogens is 603 g/mol. The van der Waals surface area contributed by atoms with Crippen LogP contribution in [0.4, 0.5) is 19.0 Å². The average Bonchev–Trinajstić information content (AvgIpc) is 3.66. The molecule has 0 amide bonds. The van der Waals surface area contributed by atoms with Gasteiger partial charge in [0.1, 0.15) is 17.7 Å². The quantitative estimate of drug-likeness (QED) is 0.271. The Balaban J connectivity index is 1.31. The SMILES string of the molecule is COc1cc(-c2ccc([C@@H](Oc3cc(N4CCC5(CC4)CN[C@H](C(=O)O)C5)nc(C)n3)C(F)(F)F)c(-n3ccc(C)n3)c2)ccn1. The minimum absolute atomic E-state index is 0.128. The summed E-state index contributed by atoms with van der Waals surface area (Å²) in [5, 5.41) is 16.9. The number of aliphatic carboxylic acids is 1. The van der Waals surface area contributed by atoms with E-state index in [-0.39, 0.29) is 28.4 Å². The van der Waals surface area contributed by atoms with E-state index in [1.165, 1.54) is 23.9 Å². The molecule has 0 bridgehead atoms. The van der Waals surface area contributed by atoms with Crippen molar-refractivity contribution in [2.45, 2.75) is 51.4 Å². The van der Waals surface area contributed by atoms with E-state index in [0.29, 0.717) is 54.6 Å². The third-order valence-electron chi connectivity index (χ3n) is 8.70. The highest BCUT2D eigenvalue weighted by molar-refractivity contribution is 5.74. The molecule has 11 nitrogen and oxygen atoms in total. The number of aromatic nitrogens is 5. The summed E-state index contributed by atoms with van der Waals surface area (Å²) in [4.78, 5) is 26.3. The number of aryl methyl sites for hydroxylation is 2. The number of alkyl halides is 3. The topological polar surface area (TPSA) is 128 Å². The van der Waals surface area contributed by atoms with Crippen molar-refractivity contribution in [1.82, 2.24) is 30.0 Å². The third kappa shape index (κ3) is 6.48. The van der Waals surface area contributed by atoms with Crippen LogP contribution in [0, 0.1) is 19.3 Å². The van der Waals surface area contributed by atoms with Crippen LogP contribution < -0.4 is 19.7 Å². The van der Waals surface area contributed by atoms with Crippen LogP contribution in [-0.2, 0) is 4.79 Å². The van der Waals surface area contributed by atoms with Crippen LogP contribution in [0.25, 0.3) is 16.8 Å². The van der Waals surface area contributed by atoms with Gasteiger partial charge in [-0.05, 0) is 67.9 Å². The number of ether oxygens (including phenoxy) is 2. The number of pyridine rings is 1. The maximum atomic E-state index is 14.8. The lowest BCUT2D eigenvalue weighted by atomic mass is 9.76. The first kappa shape index (κ1) is 31.3. The van der Waals surface area contributed by atoms with E-state index in [2.05, 4.69) is 25.4 Å². The first-order valence-electron chi connectivity index (χ1n) is 14.9. The van der Waals surface area contributed by atoms with Gasteiger partial charge in [-0.15, -0.1) is 0 Å². The zero-order valence-electron chi connectivity index (χ0n) is 25.6. The number of nitrogens with one attached hydrogen (secondary N) is 1. The predicted molar refractivity (Wildman–Crippen MR) is 162 cm³/mol. The van der Waals surface area contributed by atoms with Crippen molar-refractivity contribution in [3.63, 3.8) is 0 Å². The van der Waals surface area contributed by atoms with Gasteiger partial charge in [0.05, 0.1) is 18.5 Å². The predicted octanol–water partition coefficient (Wildman–Crippen LogP) is 5.07. The fourth-order valence-electron chi connectivity index (χ4n) is 6.25. The number of rotatable bonds is 8. The number of hydrogen-bond acceptors (Lipinski definition) is 9. The molecule has 0 radical (unpaired) electrons.